The van der Waals surface area contributed by atoms with Crippen molar-refractivity contribution in [1.82, 2.24) is 0 Å². The highest BCUT2D eigenvalue weighted by atomic mass is 19.1. The summed E-state index contributed by atoms with van der Waals surface area (Å²) in [5.41, 5.74) is 6.67. The Morgan fingerprint density at radius 1 is 0.481 bits per heavy atom. The van der Waals surface area contributed by atoms with Crippen molar-refractivity contribution in [3.63, 3.8) is 0 Å². The highest BCUT2D eigenvalue weighted by Crippen LogP contribution is 2.31. The Hall–Kier alpha value is -2.41. The van der Waals surface area contributed by atoms with Crippen LogP contribution in [0.2, 0.25) is 0 Å². The molecule has 0 heterocycles. The molecule has 0 fully saturated rings. The molecule has 0 spiro atoms. The van der Waals surface area contributed by atoms with Gasteiger partial charge in [-0.15, -0.1) is 0 Å². The smallest absolute Gasteiger partial charge is 0.124 e. The summed E-state index contributed by atoms with van der Waals surface area (Å²) in [7, 11) is 0. The molecule has 0 N–H and O–H groups in total. The Labute approximate surface area is 163 Å². The van der Waals surface area contributed by atoms with Crippen molar-refractivity contribution in [2.45, 2.75) is 52.4 Å². The van der Waals surface area contributed by atoms with Crippen LogP contribution in [0.3, 0.4) is 0 Å². The van der Waals surface area contributed by atoms with E-state index in [1.165, 1.54) is 11.1 Å². The standard InChI is InChI=1S/C26H29F/c1-25(2,3)22-11-7-18(8-12-22)20-15-21(17-24(27)16-20)19-9-13-23(14-10-19)26(4,5)6/h7-17H,1-6H3. The number of rotatable bonds is 2. The van der Waals surface area contributed by atoms with Crippen molar-refractivity contribution in [2.75, 3.05) is 0 Å². The molecule has 0 atom stereocenters. The second-order valence-electron chi connectivity index (χ2n) is 9.38. The number of halogens is 1. The Morgan fingerprint density at radius 3 is 1.11 bits per heavy atom. The molecule has 0 saturated heterocycles. The summed E-state index contributed by atoms with van der Waals surface area (Å²) in [5.74, 6) is -0.206. The van der Waals surface area contributed by atoms with Crippen molar-refractivity contribution in [2.24, 2.45) is 0 Å². The molecule has 3 rings (SSSR count). The minimum Gasteiger partial charge on any atom is -0.207 e. The fourth-order valence-electron chi connectivity index (χ4n) is 3.25. The van der Waals surface area contributed by atoms with Crippen molar-refractivity contribution >= 4 is 0 Å². The first-order valence-corrected chi connectivity index (χ1v) is 9.56. The highest BCUT2D eigenvalue weighted by Gasteiger charge is 2.15. The fraction of sp³-hybridized carbons (Fsp3) is 0.308. The molecular weight excluding hydrogens is 331 g/mol. The van der Waals surface area contributed by atoms with Crippen LogP contribution < -0.4 is 0 Å². The lowest BCUT2D eigenvalue weighted by molar-refractivity contribution is 0.590. The van der Waals surface area contributed by atoms with Crippen LogP contribution >= 0.6 is 0 Å². The second kappa shape index (κ2) is 6.96. The Kier molecular flexibility index (Phi) is 4.99. The van der Waals surface area contributed by atoms with Gasteiger partial charge in [-0.3, -0.25) is 0 Å². The zero-order chi connectivity index (χ0) is 19.8. The van der Waals surface area contributed by atoms with E-state index in [9.17, 15) is 4.39 Å². The van der Waals surface area contributed by atoms with Crippen molar-refractivity contribution in [3.8, 4) is 22.3 Å². The minimum atomic E-state index is -0.206. The van der Waals surface area contributed by atoms with Gasteiger partial charge in [0.25, 0.3) is 0 Å². The topological polar surface area (TPSA) is 0 Å². The molecule has 0 aliphatic carbocycles. The summed E-state index contributed by atoms with van der Waals surface area (Å²) in [6, 6.07) is 22.2. The van der Waals surface area contributed by atoms with Crippen molar-refractivity contribution < 1.29 is 4.39 Å². The number of hydrogen-bond donors (Lipinski definition) is 0. The molecule has 140 valence electrons. The molecular formula is C26H29F. The van der Waals surface area contributed by atoms with E-state index in [1.54, 1.807) is 12.1 Å². The molecule has 0 aliphatic rings. The summed E-state index contributed by atoms with van der Waals surface area (Å²) < 4.78 is 14.3. The average Bonchev–Trinajstić information content (AvgIpc) is 2.60. The molecule has 0 nitrogen and oxygen atoms in total. The lowest BCUT2D eigenvalue weighted by Crippen LogP contribution is -2.10. The maximum atomic E-state index is 14.3. The maximum Gasteiger partial charge on any atom is 0.124 e. The van der Waals surface area contributed by atoms with Gasteiger partial charge in [0, 0.05) is 0 Å². The van der Waals surface area contributed by atoms with Gasteiger partial charge in [0.15, 0.2) is 0 Å². The van der Waals surface area contributed by atoms with E-state index in [0.717, 1.165) is 22.3 Å². The van der Waals surface area contributed by atoms with Crippen LogP contribution in [0.15, 0.2) is 66.7 Å². The fourth-order valence-corrected chi connectivity index (χ4v) is 3.25. The van der Waals surface area contributed by atoms with Gasteiger partial charge in [-0.1, -0.05) is 90.1 Å². The molecule has 0 unspecified atom stereocenters. The molecule has 27 heavy (non-hydrogen) atoms. The molecule has 0 amide bonds. The molecule has 0 radical (unpaired) electrons. The Bertz CT molecular complexity index is 842. The van der Waals surface area contributed by atoms with Gasteiger partial charge < -0.3 is 0 Å². The largest absolute Gasteiger partial charge is 0.207 e. The summed E-state index contributed by atoms with van der Waals surface area (Å²) in [4.78, 5) is 0. The van der Waals surface area contributed by atoms with E-state index >= 15 is 0 Å². The van der Waals surface area contributed by atoms with Crippen LogP contribution in [-0.2, 0) is 10.8 Å². The third-order valence-electron chi connectivity index (χ3n) is 5.07. The van der Waals surface area contributed by atoms with Gasteiger partial charge in [-0.25, -0.2) is 4.39 Å². The van der Waals surface area contributed by atoms with Gasteiger partial charge in [0.2, 0.25) is 0 Å². The predicted molar refractivity (Wildman–Crippen MR) is 115 cm³/mol. The molecule has 1 heteroatoms. The van der Waals surface area contributed by atoms with E-state index in [0.29, 0.717) is 0 Å². The van der Waals surface area contributed by atoms with Crippen LogP contribution in [0.1, 0.15) is 52.7 Å². The van der Waals surface area contributed by atoms with Gasteiger partial charge in [0.1, 0.15) is 5.82 Å². The van der Waals surface area contributed by atoms with Crippen LogP contribution in [0.25, 0.3) is 22.3 Å². The van der Waals surface area contributed by atoms with Gasteiger partial charge >= 0.3 is 0 Å². The SMILES string of the molecule is CC(C)(C)c1ccc(-c2cc(F)cc(-c3ccc(C(C)(C)C)cc3)c2)cc1. The van der Waals surface area contributed by atoms with Crippen LogP contribution in [-0.4, -0.2) is 0 Å². The van der Waals surface area contributed by atoms with Gasteiger partial charge in [0.05, 0.1) is 0 Å². The lowest BCUT2D eigenvalue weighted by atomic mass is 9.85. The highest BCUT2D eigenvalue weighted by molar-refractivity contribution is 5.73. The third kappa shape index (κ3) is 4.47. The first-order chi connectivity index (χ1) is 12.5. The first-order valence-electron chi connectivity index (χ1n) is 9.56. The van der Waals surface area contributed by atoms with Crippen LogP contribution in [0.4, 0.5) is 4.39 Å². The summed E-state index contributed by atoms with van der Waals surface area (Å²) in [6.45, 7) is 13.2. The molecule has 3 aromatic rings. The zero-order valence-corrected chi connectivity index (χ0v) is 17.2. The third-order valence-corrected chi connectivity index (χ3v) is 5.07. The van der Waals surface area contributed by atoms with E-state index in [-0.39, 0.29) is 16.6 Å². The lowest BCUT2D eigenvalue weighted by Gasteiger charge is -2.19. The second-order valence-corrected chi connectivity index (χ2v) is 9.38. The molecule has 0 saturated carbocycles. The first kappa shape index (κ1) is 19.4. The van der Waals surface area contributed by atoms with E-state index < -0.39 is 0 Å². The normalized spacial score (nSPS) is 12.3. The maximum absolute atomic E-state index is 14.3. The Balaban J connectivity index is 1.97. The van der Waals surface area contributed by atoms with Crippen molar-refractivity contribution in [3.05, 3.63) is 83.7 Å². The molecule has 0 aromatic heterocycles. The van der Waals surface area contributed by atoms with Gasteiger partial charge in [-0.05, 0) is 62.4 Å². The van der Waals surface area contributed by atoms with E-state index in [1.807, 2.05) is 0 Å². The van der Waals surface area contributed by atoms with E-state index in [2.05, 4.69) is 96.1 Å². The zero-order valence-electron chi connectivity index (χ0n) is 17.2. The minimum absolute atomic E-state index is 0.112. The average molecular weight is 361 g/mol. The summed E-state index contributed by atoms with van der Waals surface area (Å²) in [5, 5.41) is 0. The van der Waals surface area contributed by atoms with Gasteiger partial charge in [-0.2, -0.15) is 0 Å². The predicted octanol–water partition coefficient (Wildman–Crippen LogP) is 7.75. The summed E-state index contributed by atoms with van der Waals surface area (Å²) >= 11 is 0. The number of benzene rings is 3. The molecule has 0 aliphatic heterocycles. The summed E-state index contributed by atoms with van der Waals surface area (Å²) in [6.07, 6.45) is 0. The van der Waals surface area contributed by atoms with E-state index in [4.69, 9.17) is 0 Å². The van der Waals surface area contributed by atoms with Crippen LogP contribution in [0.5, 0.6) is 0 Å². The van der Waals surface area contributed by atoms with Crippen LogP contribution in [0, 0.1) is 5.82 Å². The Morgan fingerprint density at radius 2 is 0.815 bits per heavy atom. The molecule has 3 aromatic carbocycles. The quantitative estimate of drug-likeness (QED) is 0.438. The van der Waals surface area contributed by atoms with Crippen molar-refractivity contribution in [1.29, 1.82) is 0 Å². The number of hydrogen-bond acceptors (Lipinski definition) is 0. The monoisotopic (exact) mass is 360 g/mol. The molecule has 0 bridgehead atoms.